The molecule has 116 valence electrons. The van der Waals surface area contributed by atoms with Crippen LogP contribution in [0, 0.1) is 0 Å². The number of nitrogens with two attached hydrogens (primary N) is 1. The summed E-state index contributed by atoms with van der Waals surface area (Å²) in [5, 5.41) is 1.77. The van der Waals surface area contributed by atoms with Gasteiger partial charge in [-0.25, -0.2) is 4.98 Å². The average molecular weight is 354 g/mol. The van der Waals surface area contributed by atoms with Crippen molar-refractivity contribution in [2.24, 2.45) is 5.73 Å². The van der Waals surface area contributed by atoms with Crippen LogP contribution >= 0.6 is 35.3 Å². The summed E-state index contributed by atoms with van der Waals surface area (Å²) in [6, 6.07) is 16.1. The number of benzene rings is 2. The number of para-hydroxylation sites is 1. The Labute approximate surface area is 145 Å². The highest BCUT2D eigenvalue weighted by Gasteiger charge is 2.13. The Kier molecular flexibility index (Phi) is 6.03. The lowest BCUT2D eigenvalue weighted by Gasteiger charge is -2.21. The Morgan fingerprint density at radius 2 is 1.82 bits per heavy atom. The Balaban J connectivity index is 0.00000176. The molecule has 1 heterocycles. The van der Waals surface area contributed by atoms with Crippen LogP contribution in [-0.4, -0.2) is 18.1 Å². The maximum atomic E-state index is 6.26. The summed E-state index contributed by atoms with van der Waals surface area (Å²) in [5.41, 5.74) is 7.87. The molecule has 0 spiro atoms. The van der Waals surface area contributed by atoms with Gasteiger partial charge in [0.1, 0.15) is 0 Å². The van der Waals surface area contributed by atoms with Crippen molar-refractivity contribution in [1.82, 2.24) is 4.98 Å². The smallest absolute Gasteiger partial charge is 0.186 e. The van der Waals surface area contributed by atoms with Gasteiger partial charge in [-0.15, -0.1) is 12.4 Å². The van der Waals surface area contributed by atoms with E-state index >= 15 is 0 Å². The predicted octanol–water partition coefficient (Wildman–Crippen LogP) is 4.34. The van der Waals surface area contributed by atoms with Crippen LogP contribution in [0.3, 0.4) is 0 Å². The SMILES string of the molecule is Cl.NCCN(Cc1ccccc1Cl)c1nc2ccccc2s1. The van der Waals surface area contributed by atoms with Crippen LogP contribution in [-0.2, 0) is 6.54 Å². The van der Waals surface area contributed by atoms with Gasteiger partial charge in [0, 0.05) is 24.7 Å². The molecule has 0 bridgehead atoms. The molecule has 0 atom stereocenters. The molecule has 1 aromatic heterocycles. The fourth-order valence-corrected chi connectivity index (χ4v) is 3.41. The molecule has 3 aromatic rings. The van der Waals surface area contributed by atoms with Crippen molar-refractivity contribution in [3.63, 3.8) is 0 Å². The molecule has 3 rings (SSSR count). The molecule has 2 aromatic carbocycles. The van der Waals surface area contributed by atoms with E-state index in [9.17, 15) is 0 Å². The Morgan fingerprint density at radius 3 is 2.55 bits per heavy atom. The third kappa shape index (κ3) is 3.70. The van der Waals surface area contributed by atoms with E-state index in [1.165, 1.54) is 4.70 Å². The normalized spacial score (nSPS) is 10.5. The maximum absolute atomic E-state index is 6.26. The molecule has 0 aliphatic carbocycles. The summed E-state index contributed by atoms with van der Waals surface area (Å²) in [6.07, 6.45) is 0. The van der Waals surface area contributed by atoms with Crippen molar-refractivity contribution in [3.05, 3.63) is 59.1 Å². The zero-order valence-electron chi connectivity index (χ0n) is 11.9. The lowest BCUT2D eigenvalue weighted by molar-refractivity contribution is 0.787. The molecule has 3 nitrogen and oxygen atoms in total. The van der Waals surface area contributed by atoms with Gasteiger partial charge in [-0.1, -0.05) is 53.3 Å². The van der Waals surface area contributed by atoms with Gasteiger partial charge in [-0.2, -0.15) is 0 Å². The van der Waals surface area contributed by atoms with Gasteiger partial charge in [0.05, 0.1) is 10.2 Å². The van der Waals surface area contributed by atoms with Crippen LogP contribution in [0.2, 0.25) is 5.02 Å². The summed E-state index contributed by atoms with van der Waals surface area (Å²) in [5.74, 6) is 0. The van der Waals surface area contributed by atoms with Crippen LogP contribution in [0.15, 0.2) is 48.5 Å². The largest absolute Gasteiger partial charge is 0.342 e. The highest BCUT2D eigenvalue weighted by Crippen LogP contribution is 2.30. The summed E-state index contributed by atoms with van der Waals surface area (Å²) in [4.78, 5) is 6.89. The zero-order valence-corrected chi connectivity index (χ0v) is 14.3. The van der Waals surface area contributed by atoms with Crippen molar-refractivity contribution < 1.29 is 0 Å². The number of hydrogen-bond donors (Lipinski definition) is 1. The van der Waals surface area contributed by atoms with Gasteiger partial charge in [0.25, 0.3) is 0 Å². The van der Waals surface area contributed by atoms with Crippen molar-refractivity contribution in [1.29, 1.82) is 0 Å². The quantitative estimate of drug-likeness (QED) is 0.741. The first-order valence-electron chi connectivity index (χ1n) is 6.82. The number of anilines is 1. The van der Waals surface area contributed by atoms with Gasteiger partial charge in [0.2, 0.25) is 0 Å². The number of halogens is 2. The standard InChI is InChI=1S/C16H16ClN3S.ClH/c17-13-6-2-1-5-12(13)11-20(10-9-18)16-19-14-7-3-4-8-15(14)21-16;/h1-8H,9-11,18H2;1H. The van der Waals surface area contributed by atoms with E-state index in [0.29, 0.717) is 6.54 Å². The van der Waals surface area contributed by atoms with Gasteiger partial charge in [0.15, 0.2) is 5.13 Å². The molecule has 0 amide bonds. The van der Waals surface area contributed by atoms with Crippen molar-refractivity contribution in [3.8, 4) is 0 Å². The first kappa shape index (κ1) is 17.0. The summed E-state index contributed by atoms with van der Waals surface area (Å²) >= 11 is 7.95. The van der Waals surface area contributed by atoms with E-state index in [2.05, 4.69) is 11.0 Å². The third-order valence-corrected chi connectivity index (χ3v) is 4.74. The summed E-state index contributed by atoms with van der Waals surface area (Å²) < 4.78 is 1.19. The van der Waals surface area contributed by atoms with Gasteiger partial charge >= 0.3 is 0 Å². The number of nitrogens with zero attached hydrogens (tertiary/aromatic N) is 2. The van der Waals surface area contributed by atoms with E-state index in [1.807, 2.05) is 42.5 Å². The molecule has 0 saturated carbocycles. The molecule has 0 aliphatic rings. The molecule has 0 radical (unpaired) electrons. The molecule has 6 heteroatoms. The van der Waals surface area contributed by atoms with E-state index < -0.39 is 0 Å². The second-order valence-electron chi connectivity index (χ2n) is 4.77. The molecule has 2 N–H and O–H groups in total. The molecule has 0 fully saturated rings. The Hall–Kier alpha value is -1.33. The number of rotatable bonds is 5. The minimum atomic E-state index is 0. The summed E-state index contributed by atoms with van der Waals surface area (Å²) in [6.45, 7) is 2.06. The number of hydrogen-bond acceptors (Lipinski definition) is 4. The second kappa shape index (κ2) is 7.79. The molecular formula is C16H17Cl2N3S. The first-order chi connectivity index (χ1) is 10.3. The Bertz CT molecular complexity index is 712. The van der Waals surface area contributed by atoms with Crippen molar-refractivity contribution in [2.45, 2.75) is 6.54 Å². The van der Waals surface area contributed by atoms with Crippen LogP contribution in [0.25, 0.3) is 10.2 Å². The fraction of sp³-hybridized carbons (Fsp3) is 0.188. The minimum Gasteiger partial charge on any atom is -0.342 e. The van der Waals surface area contributed by atoms with Gasteiger partial charge in [-0.3, -0.25) is 0 Å². The van der Waals surface area contributed by atoms with E-state index in [0.717, 1.165) is 34.3 Å². The fourth-order valence-electron chi connectivity index (χ4n) is 2.23. The lowest BCUT2D eigenvalue weighted by Crippen LogP contribution is -2.28. The van der Waals surface area contributed by atoms with Crippen LogP contribution in [0.1, 0.15) is 5.56 Å². The van der Waals surface area contributed by atoms with E-state index in [4.69, 9.17) is 22.3 Å². The monoisotopic (exact) mass is 353 g/mol. The minimum absolute atomic E-state index is 0. The maximum Gasteiger partial charge on any atom is 0.186 e. The molecule has 0 saturated heterocycles. The molecule has 0 aliphatic heterocycles. The highest BCUT2D eigenvalue weighted by atomic mass is 35.5. The number of aromatic nitrogens is 1. The first-order valence-corrected chi connectivity index (χ1v) is 8.01. The third-order valence-electron chi connectivity index (χ3n) is 3.27. The van der Waals surface area contributed by atoms with Crippen LogP contribution < -0.4 is 10.6 Å². The van der Waals surface area contributed by atoms with Gasteiger partial charge < -0.3 is 10.6 Å². The van der Waals surface area contributed by atoms with Crippen LogP contribution in [0.4, 0.5) is 5.13 Å². The topological polar surface area (TPSA) is 42.1 Å². The summed E-state index contributed by atoms with van der Waals surface area (Å²) in [7, 11) is 0. The predicted molar refractivity (Wildman–Crippen MR) is 98.4 cm³/mol. The van der Waals surface area contributed by atoms with Crippen molar-refractivity contribution >= 4 is 50.7 Å². The van der Waals surface area contributed by atoms with E-state index in [1.54, 1.807) is 11.3 Å². The van der Waals surface area contributed by atoms with Gasteiger partial charge in [-0.05, 0) is 23.8 Å². The molecule has 22 heavy (non-hydrogen) atoms. The number of thiazole rings is 1. The number of fused-ring (bicyclic) bond motifs is 1. The average Bonchev–Trinajstić information content (AvgIpc) is 2.93. The lowest BCUT2D eigenvalue weighted by atomic mass is 10.2. The van der Waals surface area contributed by atoms with Crippen LogP contribution in [0.5, 0.6) is 0 Å². The molecule has 0 unspecified atom stereocenters. The van der Waals surface area contributed by atoms with E-state index in [-0.39, 0.29) is 12.4 Å². The van der Waals surface area contributed by atoms with Crippen molar-refractivity contribution in [2.75, 3.05) is 18.0 Å². The molecular weight excluding hydrogens is 337 g/mol. The zero-order chi connectivity index (χ0) is 14.7. The highest BCUT2D eigenvalue weighted by molar-refractivity contribution is 7.22. The Morgan fingerprint density at radius 1 is 1.09 bits per heavy atom. The second-order valence-corrected chi connectivity index (χ2v) is 6.18.